The molecule has 2 N–H and O–H groups in total. The molecule has 0 spiro atoms. The van der Waals surface area contributed by atoms with Crippen molar-refractivity contribution in [1.29, 1.82) is 0 Å². The SMILES string of the molecule is NOC1C(=O)C(=O)C(=O)C1N=O. The molecule has 0 heterocycles. The Hall–Kier alpha value is -1.47. The van der Waals surface area contributed by atoms with Crippen LogP contribution in [0, 0.1) is 4.91 Å². The molecule has 2 unspecified atom stereocenters. The molecular weight excluding hydrogens is 168 g/mol. The van der Waals surface area contributed by atoms with Gasteiger partial charge in [-0.25, -0.2) is 5.90 Å². The third kappa shape index (κ3) is 0.953. The van der Waals surface area contributed by atoms with E-state index >= 15 is 0 Å². The van der Waals surface area contributed by atoms with Gasteiger partial charge in [0.2, 0.25) is 11.6 Å². The predicted octanol–water partition coefficient (Wildman–Crippen LogP) is -1.90. The van der Waals surface area contributed by atoms with Gasteiger partial charge in [0, 0.05) is 0 Å². The first kappa shape index (κ1) is 8.62. The van der Waals surface area contributed by atoms with E-state index in [1.807, 2.05) is 0 Å². The summed E-state index contributed by atoms with van der Waals surface area (Å²) in [4.78, 5) is 46.0. The quantitative estimate of drug-likeness (QED) is 0.295. The summed E-state index contributed by atoms with van der Waals surface area (Å²) in [5, 5.41) is 2.28. The predicted molar refractivity (Wildman–Crippen MR) is 33.7 cm³/mol. The Bertz CT molecular complexity index is 273. The van der Waals surface area contributed by atoms with Crippen molar-refractivity contribution in [2.45, 2.75) is 12.1 Å². The van der Waals surface area contributed by atoms with Gasteiger partial charge in [-0.1, -0.05) is 5.18 Å². The van der Waals surface area contributed by atoms with E-state index in [1.165, 1.54) is 0 Å². The van der Waals surface area contributed by atoms with Crippen molar-refractivity contribution in [3.05, 3.63) is 4.91 Å². The van der Waals surface area contributed by atoms with Crippen LogP contribution < -0.4 is 5.90 Å². The lowest BCUT2D eigenvalue weighted by Crippen LogP contribution is -2.32. The summed E-state index contributed by atoms with van der Waals surface area (Å²) < 4.78 is 0. The van der Waals surface area contributed by atoms with Crippen molar-refractivity contribution in [2.24, 2.45) is 11.1 Å². The molecule has 0 aliphatic heterocycles. The van der Waals surface area contributed by atoms with E-state index in [0.29, 0.717) is 0 Å². The zero-order valence-corrected chi connectivity index (χ0v) is 5.72. The minimum absolute atomic E-state index is 1.12. The van der Waals surface area contributed by atoms with Crippen LogP contribution in [0.4, 0.5) is 0 Å². The number of nitrogens with two attached hydrogens (primary N) is 1. The summed E-state index contributed by atoms with van der Waals surface area (Å²) in [6, 6.07) is -1.62. The number of nitroso groups, excluding NO2 is 1. The van der Waals surface area contributed by atoms with Crippen LogP contribution in [0.1, 0.15) is 0 Å². The molecular formula is C5H4N2O5. The summed E-state index contributed by atoms with van der Waals surface area (Å²) in [5.41, 5.74) is 0. The molecule has 0 aromatic rings. The summed E-state index contributed by atoms with van der Waals surface area (Å²) in [6.07, 6.45) is -1.54. The number of ketones is 3. The normalized spacial score (nSPS) is 29.6. The zero-order valence-electron chi connectivity index (χ0n) is 5.72. The number of Topliss-reactive ketones (excluding diaryl/α,β-unsaturated/α-hetero) is 3. The molecule has 64 valence electrons. The minimum atomic E-state index is -1.62. The smallest absolute Gasteiger partial charge is 0.269 e. The van der Waals surface area contributed by atoms with Crippen molar-refractivity contribution >= 4 is 17.3 Å². The first-order chi connectivity index (χ1) is 5.63. The summed E-state index contributed by atoms with van der Waals surface area (Å²) >= 11 is 0. The van der Waals surface area contributed by atoms with Crippen LogP contribution >= 0.6 is 0 Å². The minimum Gasteiger partial charge on any atom is -0.290 e. The monoisotopic (exact) mass is 172 g/mol. The Balaban J connectivity index is 3.02. The maximum Gasteiger partial charge on any atom is 0.269 e. The molecule has 1 aliphatic carbocycles. The molecule has 12 heavy (non-hydrogen) atoms. The molecule has 1 aliphatic rings. The van der Waals surface area contributed by atoms with Gasteiger partial charge in [-0.15, -0.1) is 4.91 Å². The Morgan fingerprint density at radius 1 is 1.25 bits per heavy atom. The van der Waals surface area contributed by atoms with Crippen LogP contribution in [0.3, 0.4) is 0 Å². The third-order valence-corrected chi connectivity index (χ3v) is 1.52. The van der Waals surface area contributed by atoms with Crippen LogP contribution in [0.25, 0.3) is 0 Å². The second-order valence-electron chi connectivity index (χ2n) is 2.16. The van der Waals surface area contributed by atoms with Crippen LogP contribution in [0.2, 0.25) is 0 Å². The molecule has 0 aromatic carbocycles. The summed E-state index contributed by atoms with van der Waals surface area (Å²) in [7, 11) is 0. The van der Waals surface area contributed by atoms with E-state index in [0.717, 1.165) is 0 Å². The highest BCUT2D eigenvalue weighted by Gasteiger charge is 2.51. The number of rotatable bonds is 2. The van der Waals surface area contributed by atoms with Crippen LogP contribution in [0.15, 0.2) is 5.18 Å². The molecule has 0 aromatic heterocycles. The van der Waals surface area contributed by atoms with Gasteiger partial charge in [0.05, 0.1) is 0 Å². The third-order valence-electron chi connectivity index (χ3n) is 1.52. The van der Waals surface area contributed by atoms with E-state index in [9.17, 15) is 19.3 Å². The first-order valence-corrected chi connectivity index (χ1v) is 2.94. The number of carbonyl (C=O) groups is 3. The average Bonchev–Trinajstić information content (AvgIpc) is 2.29. The Morgan fingerprint density at radius 3 is 2.17 bits per heavy atom. The molecule has 7 nitrogen and oxygen atoms in total. The van der Waals surface area contributed by atoms with E-state index in [1.54, 1.807) is 0 Å². The lowest BCUT2D eigenvalue weighted by atomic mass is 10.2. The van der Waals surface area contributed by atoms with Crippen molar-refractivity contribution < 1.29 is 19.2 Å². The Kier molecular flexibility index (Phi) is 2.07. The maximum absolute atomic E-state index is 10.7. The van der Waals surface area contributed by atoms with E-state index in [4.69, 9.17) is 0 Å². The van der Waals surface area contributed by atoms with Gasteiger partial charge in [0.1, 0.15) is 0 Å². The standard InChI is InChI=1S/C5H4N2O5/c6-12-5-1(7-11)2(8)3(9)4(5)10/h1,5H,6H2. The summed E-state index contributed by atoms with van der Waals surface area (Å²) in [5.74, 6) is 1.03. The number of hydrogen-bond acceptors (Lipinski definition) is 7. The van der Waals surface area contributed by atoms with Crippen molar-refractivity contribution in [2.75, 3.05) is 0 Å². The lowest BCUT2D eigenvalue weighted by molar-refractivity contribution is -0.142. The fourth-order valence-electron chi connectivity index (χ4n) is 0.905. The van der Waals surface area contributed by atoms with Gasteiger partial charge in [-0.05, 0) is 0 Å². The van der Waals surface area contributed by atoms with Gasteiger partial charge in [-0.3, -0.25) is 19.2 Å². The Morgan fingerprint density at radius 2 is 1.83 bits per heavy atom. The summed E-state index contributed by atoms with van der Waals surface area (Å²) in [6.45, 7) is 0. The number of carbonyl (C=O) groups excluding carboxylic acids is 3. The van der Waals surface area contributed by atoms with E-state index < -0.39 is 29.5 Å². The Labute approximate surface area is 65.8 Å². The molecule has 0 saturated heterocycles. The molecule has 0 amide bonds. The molecule has 0 bridgehead atoms. The van der Waals surface area contributed by atoms with Crippen molar-refractivity contribution in [3.63, 3.8) is 0 Å². The van der Waals surface area contributed by atoms with Gasteiger partial charge >= 0.3 is 0 Å². The molecule has 0 radical (unpaired) electrons. The molecule has 1 fully saturated rings. The topological polar surface area (TPSA) is 116 Å². The second kappa shape index (κ2) is 2.88. The molecule has 1 saturated carbocycles. The maximum atomic E-state index is 10.7. The molecule has 1 rings (SSSR count). The fraction of sp³-hybridized carbons (Fsp3) is 0.400. The first-order valence-electron chi connectivity index (χ1n) is 2.94. The van der Waals surface area contributed by atoms with E-state index in [2.05, 4.69) is 15.9 Å². The molecule has 2 atom stereocenters. The fourth-order valence-corrected chi connectivity index (χ4v) is 0.905. The van der Waals surface area contributed by atoms with Gasteiger partial charge < -0.3 is 0 Å². The van der Waals surface area contributed by atoms with E-state index in [-0.39, 0.29) is 0 Å². The highest BCUT2D eigenvalue weighted by atomic mass is 16.6. The van der Waals surface area contributed by atoms with Gasteiger partial charge in [-0.2, -0.15) is 0 Å². The van der Waals surface area contributed by atoms with Crippen LogP contribution in [-0.2, 0) is 19.2 Å². The van der Waals surface area contributed by atoms with Gasteiger partial charge in [0.25, 0.3) is 5.78 Å². The largest absolute Gasteiger partial charge is 0.290 e. The highest BCUT2D eigenvalue weighted by molar-refractivity contribution is 6.69. The van der Waals surface area contributed by atoms with Crippen LogP contribution in [0.5, 0.6) is 0 Å². The average molecular weight is 172 g/mol. The number of nitrogens with zero attached hydrogens (tertiary/aromatic N) is 1. The molecule has 7 heteroatoms. The zero-order chi connectivity index (χ0) is 9.30. The highest BCUT2D eigenvalue weighted by Crippen LogP contribution is 2.14. The number of hydrogen-bond donors (Lipinski definition) is 1. The second-order valence-corrected chi connectivity index (χ2v) is 2.16. The van der Waals surface area contributed by atoms with Crippen LogP contribution in [-0.4, -0.2) is 29.5 Å². The van der Waals surface area contributed by atoms with Crippen molar-refractivity contribution in [3.8, 4) is 0 Å². The lowest BCUT2D eigenvalue weighted by Gasteiger charge is -2.04. The van der Waals surface area contributed by atoms with Crippen molar-refractivity contribution in [1.82, 2.24) is 0 Å². The van der Waals surface area contributed by atoms with Gasteiger partial charge in [0.15, 0.2) is 12.1 Å².